The van der Waals surface area contributed by atoms with Crippen LogP contribution in [0.15, 0.2) is 36.4 Å². The molecule has 0 fully saturated rings. The summed E-state index contributed by atoms with van der Waals surface area (Å²) < 4.78 is 18.8. The van der Waals surface area contributed by atoms with Crippen molar-refractivity contribution in [3.8, 4) is 5.75 Å². The Kier molecular flexibility index (Phi) is 5.28. The third kappa shape index (κ3) is 4.49. The quantitative estimate of drug-likeness (QED) is 0.861. The van der Waals surface area contributed by atoms with Crippen LogP contribution >= 0.6 is 34.8 Å². The van der Waals surface area contributed by atoms with E-state index in [1.54, 1.807) is 12.1 Å². The van der Waals surface area contributed by atoms with Crippen molar-refractivity contribution in [1.29, 1.82) is 0 Å². The molecule has 2 aromatic rings. The van der Waals surface area contributed by atoms with Gasteiger partial charge in [-0.3, -0.25) is 4.79 Å². The number of ether oxygens (including phenoxy) is 1. The number of halogens is 4. The van der Waals surface area contributed by atoms with E-state index >= 15 is 0 Å². The molecule has 2 aromatic carbocycles. The van der Waals surface area contributed by atoms with E-state index in [4.69, 9.17) is 39.5 Å². The van der Waals surface area contributed by atoms with Gasteiger partial charge in [-0.15, -0.1) is 0 Å². The molecule has 0 saturated carbocycles. The molecule has 110 valence electrons. The standard InChI is InChI=1S/C14H9Cl3FNO2/c15-8-2-4-12(11(18)5-8)19-14(20)7-21-13-6-9(16)1-3-10(13)17/h1-6H,7H2,(H,19,20). The molecular weight excluding hydrogens is 340 g/mol. The van der Waals surface area contributed by atoms with Crippen molar-refractivity contribution in [2.24, 2.45) is 0 Å². The zero-order chi connectivity index (χ0) is 15.4. The summed E-state index contributed by atoms with van der Waals surface area (Å²) in [5, 5.41) is 3.36. The van der Waals surface area contributed by atoms with Gasteiger partial charge < -0.3 is 10.1 Å². The number of carbonyl (C=O) groups is 1. The monoisotopic (exact) mass is 347 g/mol. The van der Waals surface area contributed by atoms with Crippen LogP contribution in [0.3, 0.4) is 0 Å². The smallest absolute Gasteiger partial charge is 0.262 e. The summed E-state index contributed by atoms with van der Waals surface area (Å²) in [4.78, 5) is 11.7. The van der Waals surface area contributed by atoms with Crippen molar-refractivity contribution >= 4 is 46.4 Å². The summed E-state index contributed by atoms with van der Waals surface area (Å²) in [6.45, 7) is -0.331. The number of benzene rings is 2. The van der Waals surface area contributed by atoms with E-state index in [0.29, 0.717) is 10.0 Å². The molecule has 0 saturated heterocycles. The first-order valence-electron chi connectivity index (χ1n) is 5.78. The van der Waals surface area contributed by atoms with Gasteiger partial charge in [0.05, 0.1) is 10.7 Å². The Labute approximate surface area is 135 Å². The number of carbonyl (C=O) groups excluding carboxylic acids is 1. The fraction of sp³-hybridized carbons (Fsp3) is 0.0714. The minimum atomic E-state index is -0.628. The Morgan fingerprint density at radius 3 is 2.48 bits per heavy atom. The van der Waals surface area contributed by atoms with Crippen LogP contribution < -0.4 is 10.1 Å². The highest BCUT2D eigenvalue weighted by atomic mass is 35.5. The van der Waals surface area contributed by atoms with Gasteiger partial charge in [0.15, 0.2) is 6.61 Å². The highest BCUT2D eigenvalue weighted by Crippen LogP contribution is 2.27. The predicted octanol–water partition coefficient (Wildman–Crippen LogP) is 4.80. The lowest BCUT2D eigenvalue weighted by Crippen LogP contribution is -2.20. The average molecular weight is 349 g/mol. The molecule has 0 unspecified atom stereocenters. The summed E-state index contributed by atoms with van der Waals surface area (Å²) in [5.41, 5.74) is 0.0187. The van der Waals surface area contributed by atoms with Gasteiger partial charge in [0.25, 0.3) is 5.91 Å². The summed E-state index contributed by atoms with van der Waals surface area (Å²) in [6, 6.07) is 8.57. The zero-order valence-corrected chi connectivity index (χ0v) is 12.8. The lowest BCUT2D eigenvalue weighted by molar-refractivity contribution is -0.118. The molecule has 0 spiro atoms. The van der Waals surface area contributed by atoms with Gasteiger partial charge in [0.1, 0.15) is 11.6 Å². The normalized spacial score (nSPS) is 10.3. The van der Waals surface area contributed by atoms with E-state index in [0.717, 1.165) is 6.07 Å². The molecular formula is C14H9Cl3FNO2. The first-order valence-corrected chi connectivity index (χ1v) is 6.92. The molecule has 2 rings (SSSR count). The number of rotatable bonds is 4. The SMILES string of the molecule is O=C(COc1cc(Cl)ccc1Cl)Nc1ccc(Cl)cc1F. The fourth-order valence-corrected chi connectivity index (χ4v) is 2.00. The van der Waals surface area contributed by atoms with Crippen LogP contribution in [-0.4, -0.2) is 12.5 Å². The van der Waals surface area contributed by atoms with Gasteiger partial charge in [-0.05, 0) is 30.3 Å². The Morgan fingerprint density at radius 1 is 1.10 bits per heavy atom. The van der Waals surface area contributed by atoms with Gasteiger partial charge in [-0.1, -0.05) is 34.8 Å². The Hall–Kier alpha value is -1.49. The molecule has 0 aliphatic rings. The minimum Gasteiger partial charge on any atom is -0.482 e. The summed E-state index contributed by atoms with van der Waals surface area (Å²) in [7, 11) is 0. The van der Waals surface area contributed by atoms with Crippen LogP contribution in [0, 0.1) is 5.82 Å². The van der Waals surface area contributed by atoms with Crippen molar-refractivity contribution in [2.45, 2.75) is 0 Å². The minimum absolute atomic E-state index is 0.0187. The lowest BCUT2D eigenvalue weighted by atomic mass is 10.3. The van der Waals surface area contributed by atoms with E-state index in [2.05, 4.69) is 5.32 Å². The molecule has 0 aliphatic heterocycles. The molecule has 7 heteroatoms. The molecule has 21 heavy (non-hydrogen) atoms. The first-order chi connectivity index (χ1) is 9.95. The van der Waals surface area contributed by atoms with Gasteiger partial charge >= 0.3 is 0 Å². The zero-order valence-electron chi connectivity index (χ0n) is 10.5. The van der Waals surface area contributed by atoms with E-state index in [-0.39, 0.29) is 23.1 Å². The van der Waals surface area contributed by atoms with Gasteiger partial charge in [-0.2, -0.15) is 0 Å². The largest absolute Gasteiger partial charge is 0.482 e. The van der Waals surface area contributed by atoms with E-state index in [1.807, 2.05) is 0 Å². The van der Waals surface area contributed by atoms with Crippen molar-refractivity contribution in [3.05, 3.63) is 57.3 Å². The molecule has 0 radical (unpaired) electrons. The van der Waals surface area contributed by atoms with E-state index in [9.17, 15) is 9.18 Å². The average Bonchev–Trinajstić information content (AvgIpc) is 2.43. The molecule has 0 aromatic heterocycles. The van der Waals surface area contributed by atoms with Crippen LogP contribution in [0.2, 0.25) is 15.1 Å². The third-order valence-corrected chi connectivity index (χ3v) is 3.24. The summed E-state index contributed by atoms with van der Waals surface area (Å²) in [6.07, 6.45) is 0. The Bertz CT molecular complexity index is 679. The van der Waals surface area contributed by atoms with Crippen LogP contribution in [0.1, 0.15) is 0 Å². The molecule has 1 amide bonds. The number of anilines is 1. The van der Waals surface area contributed by atoms with E-state index in [1.165, 1.54) is 18.2 Å². The van der Waals surface area contributed by atoms with Gasteiger partial charge in [-0.25, -0.2) is 4.39 Å². The van der Waals surface area contributed by atoms with Crippen molar-refractivity contribution in [3.63, 3.8) is 0 Å². The number of nitrogens with one attached hydrogen (secondary N) is 1. The number of hydrogen-bond acceptors (Lipinski definition) is 2. The van der Waals surface area contributed by atoms with Crippen LogP contribution in [0.4, 0.5) is 10.1 Å². The fourth-order valence-electron chi connectivity index (χ4n) is 1.51. The highest BCUT2D eigenvalue weighted by molar-refractivity contribution is 6.34. The van der Waals surface area contributed by atoms with Crippen molar-refractivity contribution in [2.75, 3.05) is 11.9 Å². The molecule has 3 nitrogen and oxygen atoms in total. The van der Waals surface area contributed by atoms with Crippen molar-refractivity contribution < 1.29 is 13.9 Å². The molecule has 0 atom stereocenters. The summed E-state index contributed by atoms with van der Waals surface area (Å²) in [5.74, 6) is -0.889. The van der Waals surface area contributed by atoms with Crippen LogP contribution in [-0.2, 0) is 4.79 Å². The second-order valence-corrected chi connectivity index (χ2v) is 5.32. The van der Waals surface area contributed by atoms with Crippen LogP contribution in [0.5, 0.6) is 5.75 Å². The molecule has 0 bridgehead atoms. The van der Waals surface area contributed by atoms with Crippen molar-refractivity contribution in [1.82, 2.24) is 0 Å². The number of hydrogen-bond donors (Lipinski definition) is 1. The molecule has 1 N–H and O–H groups in total. The second-order valence-electron chi connectivity index (χ2n) is 4.04. The topological polar surface area (TPSA) is 38.3 Å². The summed E-state index contributed by atoms with van der Waals surface area (Å²) >= 11 is 17.3. The van der Waals surface area contributed by atoms with Crippen LogP contribution in [0.25, 0.3) is 0 Å². The molecule has 0 aliphatic carbocycles. The van der Waals surface area contributed by atoms with Gasteiger partial charge in [0.2, 0.25) is 0 Å². The Balaban J connectivity index is 1.97. The lowest BCUT2D eigenvalue weighted by Gasteiger charge is -2.09. The van der Waals surface area contributed by atoms with Gasteiger partial charge in [0, 0.05) is 16.1 Å². The third-order valence-electron chi connectivity index (χ3n) is 2.46. The second kappa shape index (κ2) is 6.98. The number of amides is 1. The van der Waals surface area contributed by atoms with E-state index < -0.39 is 11.7 Å². The predicted molar refractivity (Wildman–Crippen MR) is 82.0 cm³/mol. The highest BCUT2D eigenvalue weighted by Gasteiger charge is 2.10. The Morgan fingerprint density at radius 2 is 1.76 bits per heavy atom. The first kappa shape index (κ1) is 15.9. The maximum atomic E-state index is 13.5. The maximum absolute atomic E-state index is 13.5. The maximum Gasteiger partial charge on any atom is 0.262 e. The molecule has 0 heterocycles.